The first kappa shape index (κ1) is 122. The summed E-state index contributed by atoms with van der Waals surface area (Å²) in [4.78, 5) is 0. The normalized spacial score (nSPS) is 32.8. The molecule has 0 amide bonds. The van der Waals surface area contributed by atoms with Crippen LogP contribution in [0.4, 0.5) is 48.3 Å². The molecule has 4 heterocycles. The van der Waals surface area contributed by atoms with Crippen molar-refractivity contribution in [3.8, 4) is 0 Å². The number of halogens is 11. The van der Waals surface area contributed by atoms with Gasteiger partial charge in [-0.3, -0.25) is 0 Å². The van der Waals surface area contributed by atoms with E-state index in [0.29, 0.717) is 81.2 Å². The summed E-state index contributed by atoms with van der Waals surface area (Å²) in [6, 6.07) is -7.58. The molecule has 0 aromatic rings. The van der Waals surface area contributed by atoms with E-state index in [9.17, 15) is 60.2 Å². The van der Waals surface area contributed by atoms with E-state index in [1.807, 2.05) is 34.6 Å². The number of nitrogens with zero attached hydrogens (tertiary/aromatic N) is 10. The van der Waals surface area contributed by atoms with Gasteiger partial charge >= 0.3 is 38.0 Å². The largest absolute Gasteiger partial charge is 2.00 e. The minimum atomic E-state index is -4.89. The fourth-order valence-electron chi connectivity index (χ4n) is 12.0. The van der Waals surface area contributed by atoms with E-state index < -0.39 is 104 Å². The molecule has 4 fully saturated rings. The fraction of sp³-hybridized carbons (Fsp3) is 0.986. The molecule has 29 nitrogen and oxygen atoms in total. The van der Waals surface area contributed by atoms with Gasteiger partial charge in [-0.05, 0) is 113 Å². The number of nitrogens with one attached hydrogen (secondary N) is 9. The van der Waals surface area contributed by atoms with Crippen LogP contribution < -0.4 is 82.3 Å². The van der Waals surface area contributed by atoms with Gasteiger partial charge in [-0.25, -0.2) is 8.78 Å². The van der Waals surface area contributed by atoms with Crippen LogP contribution in [0.5, 0.6) is 0 Å². The quantitative estimate of drug-likeness (QED) is 0.0836. The first-order valence-electron chi connectivity index (χ1n) is 39.0. The Morgan fingerprint density at radius 2 is 0.904 bits per heavy atom. The van der Waals surface area contributed by atoms with Crippen molar-refractivity contribution in [2.24, 2.45) is 57.1 Å². The van der Waals surface area contributed by atoms with Crippen molar-refractivity contribution in [2.45, 2.75) is 295 Å². The third kappa shape index (κ3) is 57.7. The van der Waals surface area contributed by atoms with Gasteiger partial charge in [-0.15, -0.1) is 57.4 Å². The van der Waals surface area contributed by atoms with Gasteiger partial charge in [0.25, 0.3) is 5.92 Å². The number of nitrogens with two attached hydrogens (primary N) is 6. The Morgan fingerprint density at radius 3 is 1.39 bits per heavy atom. The topological polar surface area (TPSA) is 454 Å². The van der Waals surface area contributed by atoms with E-state index in [1.165, 1.54) is 39.7 Å². The molecule has 0 aromatic heterocycles. The predicted octanol–water partition coefficient (Wildman–Crippen LogP) is 6.28. The molecule has 0 bridgehead atoms. The second-order valence-electron chi connectivity index (χ2n) is 35.1. The molecule has 0 saturated carbocycles. The second kappa shape index (κ2) is 58.8. The predicted molar refractivity (Wildman–Crippen MR) is 421 cm³/mol. The Labute approximate surface area is 732 Å². The zero-order valence-corrected chi connectivity index (χ0v) is 84.2. The molecule has 4 rings (SSSR count). The van der Waals surface area contributed by atoms with Crippen molar-refractivity contribution in [2.75, 3.05) is 131 Å². The summed E-state index contributed by atoms with van der Waals surface area (Å²) in [5.41, 5.74) is 34.5. The maximum atomic E-state index is 15.0. The van der Waals surface area contributed by atoms with Crippen LogP contribution in [0, 0.1) is 29.1 Å². The van der Waals surface area contributed by atoms with Gasteiger partial charge in [0.1, 0.15) is 6.04 Å². The van der Waals surface area contributed by atoms with Crippen LogP contribution in [0.15, 0.2) is 0 Å². The van der Waals surface area contributed by atoms with Gasteiger partial charge in [-0.2, -0.15) is 87.3 Å². The standard InChI is InChI=1S/C20H35F8N4O.C18H40N6O.C17H40N11O.C16H33F3N4O.4Zn/c1-12-8-30-15(20(26,27)28)7-6-14(19(23,24)25)11-32(33)13(2)9-31-16(10-29-12)18(21,22)17(3,4)5;1-13-5-17(25)6-16(24-18(2,3)4)12-23-11-15(20)10-22-9-14(19)8-21-7-13;1-11-5-22-12(18)6-23-13(19)7-24-14(20)8-25-15(21)9-26-16(10-28(11)29)27-17(2,3)4;1-11-7-22-13(6-15(3,4)5)8-20-12(2)10-23(24)14(9-21-11)16(17,18)19;;;;/h6,12-16,29-31,33H,7-11H2,1-5H3;13-17,23-25H,5-12,19-20H2,1-4H3;11-16,27,29H,5-10,18-21H2,1-4H3;11-14,20-22,24H,6-10H2,1-5H3;;;;/q-1;-2;-5;;;;;+2/t;13?,14?,15?,16?,17-;;;;;;/m.1....../s1. The summed E-state index contributed by atoms with van der Waals surface area (Å²) in [7, 11) is 0. The van der Waals surface area contributed by atoms with Crippen LogP contribution in [-0.2, 0) is 77.9 Å². The third-order valence-electron chi connectivity index (χ3n) is 18.3. The van der Waals surface area contributed by atoms with Gasteiger partial charge in [0.15, 0.2) is 0 Å². The second-order valence-corrected chi connectivity index (χ2v) is 35.1. The average Bonchev–Trinajstić information content (AvgIpc) is 0.838. The zero-order chi connectivity index (χ0) is 85.3. The maximum Gasteiger partial charge on any atom is 2.00 e. The molecule has 672 valence electrons. The van der Waals surface area contributed by atoms with E-state index >= 15 is 8.78 Å². The van der Waals surface area contributed by atoms with Crippen LogP contribution in [0.1, 0.15) is 150 Å². The van der Waals surface area contributed by atoms with Crippen molar-refractivity contribution < 1.29 is 147 Å². The van der Waals surface area contributed by atoms with Crippen LogP contribution >= 0.6 is 0 Å². The number of hydroxylamine groups is 6. The molecule has 25 N–H and O–H groups in total. The number of aliphatic hydroxyl groups is 1. The van der Waals surface area contributed by atoms with Gasteiger partial charge in [-0.1, -0.05) is 66.5 Å². The summed E-state index contributed by atoms with van der Waals surface area (Å²) < 4.78 is 150. The van der Waals surface area contributed by atoms with Crippen LogP contribution in [0.25, 0.3) is 37.2 Å². The molecular weight excluding hydrogens is 1740 g/mol. The monoisotopic (exact) mass is 1880 g/mol. The van der Waals surface area contributed by atoms with E-state index in [0.717, 1.165) is 25.9 Å². The summed E-state index contributed by atoms with van der Waals surface area (Å²) in [5, 5.41) is 101. The van der Waals surface area contributed by atoms with Crippen LogP contribution in [-0.4, -0.2) is 312 Å². The molecule has 20 atom stereocenters. The van der Waals surface area contributed by atoms with E-state index in [1.54, 1.807) is 6.92 Å². The number of rotatable bonds is 4. The molecule has 4 aliphatic heterocycles. The van der Waals surface area contributed by atoms with Gasteiger partial charge < -0.3 is 147 Å². The Morgan fingerprint density at radius 1 is 0.443 bits per heavy atom. The van der Waals surface area contributed by atoms with Crippen LogP contribution in [0.2, 0.25) is 0 Å². The Hall–Kier alpha value is 0.564. The first-order chi connectivity index (χ1) is 50.8. The number of alkyl halides is 11. The molecule has 0 aliphatic carbocycles. The van der Waals surface area contributed by atoms with Crippen LogP contribution in [0.3, 0.4) is 0 Å². The minimum absolute atomic E-state index is 0. The van der Waals surface area contributed by atoms with Crippen molar-refractivity contribution >= 4 is 0 Å². The average molecular weight is 1890 g/mol. The van der Waals surface area contributed by atoms with Gasteiger partial charge in [0.2, 0.25) is 0 Å². The molecule has 0 radical (unpaired) electrons. The molecular formula is C71H148F11N25O4Zn4-6. The smallest absolute Gasteiger partial charge is 0.661 e. The van der Waals surface area contributed by atoms with Crippen molar-refractivity contribution in [3.05, 3.63) is 43.6 Å². The molecule has 0 spiro atoms. The van der Waals surface area contributed by atoms with Gasteiger partial charge in [0.05, 0.1) is 18.2 Å². The molecule has 4 saturated heterocycles. The number of hydrogen-bond acceptors (Lipinski definition) is 22. The fourth-order valence-corrected chi connectivity index (χ4v) is 12.0. The summed E-state index contributed by atoms with van der Waals surface area (Å²) in [6.07, 6.45) is -14.9. The van der Waals surface area contributed by atoms with Gasteiger partial charge in [0, 0.05) is 189 Å². The van der Waals surface area contributed by atoms with E-state index in [4.69, 9.17) is 34.4 Å². The maximum absolute atomic E-state index is 15.0. The first-order valence-corrected chi connectivity index (χ1v) is 39.0. The van der Waals surface area contributed by atoms with E-state index in [2.05, 4.69) is 134 Å². The van der Waals surface area contributed by atoms with Crippen molar-refractivity contribution in [1.29, 1.82) is 0 Å². The molecule has 0 aromatic carbocycles. The van der Waals surface area contributed by atoms with E-state index in [-0.39, 0.29) is 208 Å². The molecule has 19 unspecified atom stereocenters. The van der Waals surface area contributed by atoms with Crippen molar-refractivity contribution in [3.63, 3.8) is 0 Å². The Bertz CT molecular complexity index is 2420. The number of hydrogen-bond donors (Lipinski definition) is 19. The third-order valence-corrected chi connectivity index (χ3v) is 18.3. The zero-order valence-electron chi connectivity index (χ0n) is 72.3. The summed E-state index contributed by atoms with van der Waals surface area (Å²) in [5.74, 6) is -5.27. The molecule has 4 aliphatic rings. The number of aliphatic hydroxyl groups excluding tert-OH is 1. The Kier molecular flexibility index (Phi) is 62.3. The summed E-state index contributed by atoms with van der Waals surface area (Å²) >= 11 is 0. The molecule has 44 heteroatoms. The summed E-state index contributed by atoms with van der Waals surface area (Å²) in [6.45, 7) is 38.2. The minimum Gasteiger partial charge on any atom is -0.661 e. The molecule has 115 heavy (non-hydrogen) atoms. The van der Waals surface area contributed by atoms with Crippen molar-refractivity contribution in [1.82, 2.24) is 63.0 Å². The Balaban J connectivity index is -0.000000711. The SMILES string of the molecule is CC1CNC(C(F)(F)F)C[CH-]C(C(F)(F)F)CN(O)C(C)CNC(C(F)(F)C(C)(C)C)CN1.CC1CNC(CC(C)(C)C)CNC(C)CN(O)C(C(F)(F)F)CN1.CC1C[N-]C(N)C[N-]C(N)C[N-]C(N)C[N-]C(N)C[N-]C(NC(C)(C)C)CN1O.CC1C[N-]CC(N)C[N-]CC(N)CNCC(NC(C)(C)C)C[C@H](O)C1.[Zn+2].[Zn].[Zn].[Zn].